The van der Waals surface area contributed by atoms with Crippen molar-refractivity contribution in [1.29, 1.82) is 0 Å². The first kappa shape index (κ1) is 28.2. The number of carbonyl (C=O) groups is 2. The van der Waals surface area contributed by atoms with Gasteiger partial charge in [0, 0.05) is 25.1 Å². The molecule has 2 heterocycles. The Kier molecular flexibility index (Phi) is 8.34. The van der Waals surface area contributed by atoms with Crippen LogP contribution in [0.2, 0.25) is 5.02 Å². The van der Waals surface area contributed by atoms with Gasteiger partial charge in [0.05, 0.1) is 35.3 Å². The van der Waals surface area contributed by atoms with Crippen molar-refractivity contribution >= 4 is 29.2 Å². The Bertz CT molecular complexity index is 1400. The summed E-state index contributed by atoms with van der Waals surface area (Å²) in [5, 5.41) is 4.13. The maximum Gasteiger partial charge on any atom is 0.418 e. The zero-order valence-electron chi connectivity index (χ0n) is 21.0. The molecule has 0 aliphatic carbocycles. The molecule has 3 N–H and O–H groups in total. The Balaban J connectivity index is 1.42. The molecule has 1 aliphatic heterocycles. The first-order valence-electron chi connectivity index (χ1n) is 12.2. The van der Waals surface area contributed by atoms with Crippen LogP contribution in [0.3, 0.4) is 0 Å². The van der Waals surface area contributed by atoms with E-state index in [1.165, 1.54) is 10.7 Å². The van der Waals surface area contributed by atoms with E-state index < -0.39 is 29.3 Å². The number of esters is 1. The van der Waals surface area contributed by atoms with Gasteiger partial charge in [-0.3, -0.25) is 14.6 Å². The Morgan fingerprint density at radius 3 is 2.49 bits per heavy atom. The van der Waals surface area contributed by atoms with Crippen LogP contribution in [0, 0.1) is 5.92 Å². The van der Waals surface area contributed by atoms with Crippen molar-refractivity contribution in [3.05, 3.63) is 69.1 Å². The van der Waals surface area contributed by atoms with Gasteiger partial charge in [-0.15, -0.1) is 5.10 Å². The molecule has 1 atom stereocenters. The van der Waals surface area contributed by atoms with E-state index in [1.54, 1.807) is 4.90 Å². The maximum atomic E-state index is 13.4. The van der Waals surface area contributed by atoms with Gasteiger partial charge in [-0.05, 0) is 37.0 Å². The van der Waals surface area contributed by atoms with Crippen molar-refractivity contribution in [2.75, 3.05) is 25.9 Å². The monoisotopic (exact) mass is 565 g/mol. The number of hydrogen-bond donors (Lipinski definition) is 2. The molecule has 0 spiro atoms. The number of nitrogens with two attached hydrogens (primary N) is 1. The molecule has 39 heavy (non-hydrogen) atoms. The lowest BCUT2D eigenvalue weighted by Crippen LogP contribution is -2.42. The van der Waals surface area contributed by atoms with Crippen molar-refractivity contribution in [2.24, 2.45) is 5.92 Å². The minimum atomic E-state index is -4.73. The van der Waals surface area contributed by atoms with E-state index in [0.717, 1.165) is 18.7 Å². The second-order valence-corrected chi connectivity index (χ2v) is 9.77. The Morgan fingerprint density at radius 1 is 1.21 bits per heavy atom. The number of ether oxygens (including phenoxy) is 1. The molecule has 1 saturated heterocycles. The predicted octanol–water partition coefficient (Wildman–Crippen LogP) is 4.08. The number of aromatic nitrogens is 3. The van der Waals surface area contributed by atoms with E-state index in [1.807, 2.05) is 30.3 Å². The molecular formula is C26H27ClF3N5O4. The van der Waals surface area contributed by atoms with E-state index in [0.29, 0.717) is 31.8 Å². The SMILES string of the molecule is COC(=O)C(CC(=O)N1CCC(n2nc(-c3ccccc3)[nH]c2=O)CC1)Cc1cc(Cl)c(N)c(C(F)(F)F)c1. The molecule has 13 heteroatoms. The number of piperidine rings is 1. The number of likely N-dealkylation sites (tertiary alicyclic amines) is 1. The molecule has 1 unspecified atom stereocenters. The quantitative estimate of drug-likeness (QED) is 0.329. The number of anilines is 1. The lowest BCUT2D eigenvalue weighted by Gasteiger charge is -2.32. The molecule has 1 fully saturated rings. The van der Waals surface area contributed by atoms with Gasteiger partial charge in [-0.25, -0.2) is 9.48 Å². The maximum absolute atomic E-state index is 13.4. The predicted molar refractivity (Wildman–Crippen MR) is 138 cm³/mol. The average molecular weight is 566 g/mol. The minimum Gasteiger partial charge on any atom is -0.469 e. The third kappa shape index (κ3) is 6.44. The van der Waals surface area contributed by atoms with E-state index >= 15 is 0 Å². The molecule has 1 aliphatic rings. The number of aromatic amines is 1. The summed E-state index contributed by atoms with van der Waals surface area (Å²) in [5.74, 6) is -1.64. The molecule has 0 saturated carbocycles. The second kappa shape index (κ2) is 11.5. The number of hydrogen-bond acceptors (Lipinski definition) is 6. The molecule has 9 nitrogen and oxygen atoms in total. The van der Waals surface area contributed by atoms with Crippen LogP contribution in [0.25, 0.3) is 11.4 Å². The van der Waals surface area contributed by atoms with Crippen molar-refractivity contribution < 1.29 is 27.5 Å². The lowest BCUT2D eigenvalue weighted by molar-refractivity contribution is -0.149. The highest BCUT2D eigenvalue weighted by Gasteiger charge is 2.35. The van der Waals surface area contributed by atoms with Gasteiger partial charge in [-0.2, -0.15) is 13.2 Å². The van der Waals surface area contributed by atoms with E-state index in [-0.39, 0.29) is 41.1 Å². The van der Waals surface area contributed by atoms with Crippen LogP contribution in [0.4, 0.5) is 18.9 Å². The normalized spacial score (nSPS) is 15.3. The molecule has 1 amide bonds. The molecule has 4 rings (SSSR count). The fourth-order valence-corrected chi connectivity index (χ4v) is 4.97. The lowest BCUT2D eigenvalue weighted by atomic mass is 9.93. The number of nitrogen functional groups attached to an aromatic ring is 1. The van der Waals surface area contributed by atoms with E-state index in [4.69, 9.17) is 22.1 Å². The topological polar surface area (TPSA) is 123 Å². The minimum absolute atomic E-state index is 0.107. The standard InChI is InChI=1S/C26H27ClF3N5O4/c1-39-24(37)17(11-15-12-19(26(28,29)30)22(31)20(27)13-15)14-21(36)34-9-7-18(8-10-34)35-25(38)32-23(33-35)16-5-3-2-4-6-16/h2-6,12-13,17-18H,7-11,14,31H2,1H3,(H,32,33,38). The number of nitrogens with zero attached hydrogens (tertiary/aromatic N) is 3. The number of nitrogens with one attached hydrogen (secondary N) is 1. The second-order valence-electron chi connectivity index (χ2n) is 9.37. The smallest absolute Gasteiger partial charge is 0.418 e. The van der Waals surface area contributed by atoms with Gasteiger partial charge in [0.2, 0.25) is 5.91 Å². The fraction of sp³-hybridized carbons (Fsp3) is 0.385. The van der Waals surface area contributed by atoms with Gasteiger partial charge < -0.3 is 15.4 Å². The third-order valence-electron chi connectivity index (χ3n) is 6.78. The van der Waals surface area contributed by atoms with Gasteiger partial charge in [0.1, 0.15) is 0 Å². The summed E-state index contributed by atoms with van der Waals surface area (Å²) in [4.78, 5) is 42.3. The molecule has 1 aromatic heterocycles. The Morgan fingerprint density at radius 2 is 1.87 bits per heavy atom. The van der Waals surface area contributed by atoms with Crippen molar-refractivity contribution in [2.45, 2.75) is 37.9 Å². The molecule has 2 aromatic carbocycles. The number of methoxy groups -OCH3 is 1. The van der Waals surface area contributed by atoms with Gasteiger partial charge >= 0.3 is 17.8 Å². The van der Waals surface area contributed by atoms with Crippen LogP contribution in [0.15, 0.2) is 47.3 Å². The summed E-state index contributed by atoms with van der Waals surface area (Å²) < 4.78 is 46.3. The number of carbonyl (C=O) groups excluding carboxylic acids is 2. The largest absolute Gasteiger partial charge is 0.469 e. The third-order valence-corrected chi connectivity index (χ3v) is 7.10. The summed E-state index contributed by atoms with van der Waals surface area (Å²) in [6, 6.07) is 11.1. The fourth-order valence-electron chi connectivity index (χ4n) is 4.73. The van der Waals surface area contributed by atoms with Crippen LogP contribution >= 0.6 is 11.6 Å². The highest BCUT2D eigenvalue weighted by atomic mass is 35.5. The zero-order valence-corrected chi connectivity index (χ0v) is 21.8. The summed E-state index contributed by atoms with van der Waals surface area (Å²) >= 11 is 5.91. The van der Waals surface area contributed by atoms with Gasteiger partial charge in [-0.1, -0.05) is 41.9 Å². The van der Waals surface area contributed by atoms with Crippen LogP contribution in [0.1, 0.15) is 36.4 Å². The highest BCUT2D eigenvalue weighted by Crippen LogP contribution is 2.38. The van der Waals surface area contributed by atoms with E-state index in [9.17, 15) is 27.6 Å². The number of benzene rings is 2. The Hall–Kier alpha value is -3.80. The van der Waals surface area contributed by atoms with Crippen molar-refractivity contribution in [1.82, 2.24) is 19.7 Å². The highest BCUT2D eigenvalue weighted by molar-refractivity contribution is 6.33. The van der Waals surface area contributed by atoms with Crippen LogP contribution < -0.4 is 11.4 Å². The summed E-state index contributed by atoms with van der Waals surface area (Å²) in [7, 11) is 1.15. The Labute approximate surface area is 226 Å². The van der Waals surface area contributed by atoms with E-state index in [2.05, 4.69) is 10.1 Å². The summed E-state index contributed by atoms with van der Waals surface area (Å²) in [5.41, 5.74) is 4.33. The first-order valence-corrected chi connectivity index (χ1v) is 12.6. The number of rotatable bonds is 7. The molecule has 0 bridgehead atoms. The molecule has 3 aromatic rings. The summed E-state index contributed by atoms with van der Waals surface area (Å²) in [6.07, 6.45) is -4.25. The van der Waals surface area contributed by atoms with Crippen LogP contribution in [0.5, 0.6) is 0 Å². The molecule has 208 valence electrons. The first-order chi connectivity index (χ1) is 18.5. The average Bonchev–Trinajstić information content (AvgIpc) is 3.31. The van der Waals surface area contributed by atoms with Gasteiger partial charge in [0.15, 0.2) is 5.82 Å². The summed E-state index contributed by atoms with van der Waals surface area (Å²) in [6.45, 7) is 0.645. The van der Waals surface area contributed by atoms with Gasteiger partial charge in [0.25, 0.3) is 0 Å². The number of amides is 1. The number of halogens is 4. The zero-order chi connectivity index (χ0) is 28.3. The number of alkyl halides is 3. The van der Waals surface area contributed by atoms with Crippen LogP contribution in [-0.4, -0.2) is 51.7 Å². The number of H-pyrrole nitrogens is 1. The molecular weight excluding hydrogens is 539 g/mol. The van der Waals surface area contributed by atoms with Crippen molar-refractivity contribution in [3.8, 4) is 11.4 Å². The van der Waals surface area contributed by atoms with Crippen LogP contribution in [-0.2, 0) is 26.9 Å². The molecule has 0 radical (unpaired) electrons. The van der Waals surface area contributed by atoms with Crippen molar-refractivity contribution in [3.63, 3.8) is 0 Å².